The van der Waals surface area contributed by atoms with Gasteiger partial charge in [0.15, 0.2) is 5.16 Å². The van der Waals surface area contributed by atoms with Gasteiger partial charge < -0.3 is 14.9 Å². The Kier molecular flexibility index (Phi) is 3.23. The summed E-state index contributed by atoms with van der Waals surface area (Å²) in [5.74, 6) is -2.87. The molecule has 19 heavy (non-hydrogen) atoms. The maximum absolute atomic E-state index is 13.6. The van der Waals surface area contributed by atoms with Crippen LogP contribution in [0.5, 0.6) is 0 Å². The minimum absolute atomic E-state index is 0.108. The summed E-state index contributed by atoms with van der Waals surface area (Å²) in [5.41, 5.74) is -0.624. The molecular formula is C11H7FN2O5. The lowest BCUT2D eigenvalue weighted by Crippen LogP contribution is -2.05. The molecule has 0 fully saturated rings. The van der Waals surface area contributed by atoms with E-state index in [9.17, 15) is 19.3 Å². The standard InChI is InChI=1S/C11H7FN2O5/c1-18-11(15)8-9(19-13-10(8)14(16)17)6-4-2-3-5-7(6)12/h2-5H,1H3. The minimum atomic E-state index is -1.02. The molecular weight excluding hydrogens is 259 g/mol. The van der Waals surface area contributed by atoms with Gasteiger partial charge in [0.2, 0.25) is 11.3 Å². The summed E-state index contributed by atoms with van der Waals surface area (Å²) in [7, 11) is 1.05. The third-order valence-electron chi connectivity index (χ3n) is 2.36. The maximum atomic E-state index is 13.6. The van der Waals surface area contributed by atoms with Gasteiger partial charge in [0.1, 0.15) is 5.82 Å². The number of esters is 1. The van der Waals surface area contributed by atoms with E-state index in [2.05, 4.69) is 9.89 Å². The molecule has 1 heterocycles. The van der Waals surface area contributed by atoms with Crippen molar-refractivity contribution in [2.45, 2.75) is 0 Å². The van der Waals surface area contributed by atoms with Gasteiger partial charge in [-0.25, -0.2) is 9.18 Å². The normalized spacial score (nSPS) is 10.2. The van der Waals surface area contributed by atoms with Crippen molar-refractivity contribution in [2.75, 3.05) is 7.11 Å². The smallest absolute Gasteiger partial charge is 0.428 e. The highest BCUT2D eigenvalue weighted by Gasteiger charge is 2.34. The van der Waals surface area contributed by atoms with Gasteiger partial charge in [-0.15, -0.1) is 0 Å². The first-order chi connectivity index (χ1) is 9.06. The fourth-order valence-electron chi connectivity index (χ4n) is 1.52. The van der Waals surface area contributed by atoms with Crippen molar-refractivity contribution >= 4 is 11.8 Å². The van der Waals surface area contributed by atoms with Crippen molar-refractivity contribution in [1.29, 1.82) is 0 Å². The topological polar surface area (TPSA) is 95.5 Å². The number of ether oxygens (including phenoxy) is 1. The molecule has 7 nitrogen and oxygen atoms in total. The maximum Gasteiger partial charge on any atom is 0.428 e. The number of halogens is 1. The number of hydrogen-bond donors (Lipinski definition) is 0. The van der Waals surface area contributed by atoms with Gasteiger partial charge >= 0.3 is 11.8 Å². The SMILES string of the molecule is COC(=O)c1c([N+](=O)[O-])noc1-c1ccccc1F. The molecule has 2 aromatic rings. The molecule has 0 unspecified atom stereocenters. The zero-order valence-corrected chi connectivity index (χ0v) is 9.62. The van der Waals surface area contributed by atoms with E-state index < -0.39 is 28.1 Å². The Morgan fingerprint density at radius 3 is 2.74 bits per heavy atom. The number of nitro groups is 1. The minimum Gasteiger partial charge on any atom is -0.465 e. The van der Waals surface area contributed by atoms with Crippen LogP contribution in [0.2, 0.25) is 0 Å². The Labute approximate surface area is 105 Å². The molecule has 1 aromatic carbocycles. The second-order valence-electron chi connectivity index (χ2n) is 3.44. The van der Waals surface area contributed by atoms with Gasteiger partial charge in [-0.05, 0) is 17.1 Å². The van der Waals surface area contributed by atoms with Gasteiger partial charge in [0.05, 0.1) is 12.7 Å². The Morgan fingerprint density at radius 2 is 2.16 bits per heavy atom. The number of hydrogen-bond acceptors (Lipinski definition) is 6. The average molecular weight is 266 g/mol. The van der Waals surface area contributed by atoms with Crippen molar-refractivity contribution < 1.29 is 23.4 Å². The van der Waals surface area contributed by atoms with Crippen molar-refractivity contribution in [3.63, 3.8) is 0 Å². The summed E-state index contributed by atoms with van der Waals surface area (Å²) < 4.78 is 22.8. The zero-order chi connectivity index (χ0) is 14.0. The molecule has 0 aliphatic rings. The Morgan fingerprint density at radius 1 is 1.47 bits per heavy atom. The van der Waals surface area contributed by atoms with E-state index in [1.807, 2.05) is 0 Å². The fraction of sp³-hybridized carbons (Fsp3) is 0.0909. The van der Waals surface area contributed by atoms with Crippen LogP contribution in [0, 0.1) is 15.9 Å². The summed E-state index contributed by atoms with van der Waals surface area (Å²) in [6.45, 7) is 0. The second kappa shape index (κ2) is 4.84. The lowest BCUT2D eigenvalue weighted by Gasteiger charge is -1.99. The molecule has 8 heteroatoms. The fourth-order valence-corrected chi connectivity index (χ4v) is 1.52. The van der Waals surface area contributed by atoms with Gasteiger partial charge in [0.25, 0.3) is 0 Å². The molecule has 0 aliphatic carbocycles. The first-order valence-electron chi connectivity index (χ1n) is 5.03. The summed E-state index contributed by atoms with van der Waals surface area (Å²) in [4.78, 5) is 21.4. The van der Waals surface area contributed by atoms with E-state index in [-0.39, 0.29) is 11.3 Å². The van der Waals surface area contributed by atoms with Crippen LogP contribution in [0.25, 0.3) is 11.3 Å². The van der Waals surface area contributed by atoms with Crippen molar-refractivity contribution in [3.05, 3.63) is 45.8 Å². The van der Waals surface area contributed by atoms with Crippen LogP contribution >= 0.6 is 0 Å². The predicted molar refractivity (Wildman–Crippen MR) is 59.9 cm³/mol. The average Bonchev–Trinajstić information content (AvgIpc) is 2.83. The molecule has 0 aliphatic heterocycles. The highest BCUT2D eigenvalue weighted by atomic mass is 19.1. The Balaban J connectivity index is 2.68. The summed E-state index contributed by atoms with van der Waals surface area (Å²) in [6.07, 6.45) is 0. The highest BCUT2D eigenvalue weighted by Crippen LogP contribution is 2.32. The molecule has 1 aromatic heterocycles. The molecule has 0 saturated heterocycles. The lowest BCUT2D eigenvalue weighted by molar-refractivity contribution is -0.391. The Hall–Kier alpha value is -2.77. The van der Waals surface area contributed by atoms with E-state index >= 15 is 0 Å². The molecule has 0 radical (unpaired) electrons. The first-order valence-corrected chi connectivity index (χ1v) is 5.03. The van der Waals surface area contributed by atoms with Crippen molar-refractivity contribution in [3.8, 4) is 11.3 Å². The van der Waals surface area contributed by atoms with Crippen molar-refractivity contribution in [2.24, 2.45) is 0 Å². The van der Waals surface area contributed by atoms with Gasteiger partial charge in [-0.3, -0.25) is 4.52 Å². The van der Waals surface area contributed by atoms with Gasteiger partial charge in [-0.2, -0.15) is 0 Å². The van der Waals surface area contributed by atoms with Crippen LogP contribution in [-0.4, -0.2) is 23.2 Å². The second-order valence-corrected chi connectivity index (χ2v) is 3.44. The van der Waals surface area contributed by atoms with Crippen LogP contribution < -0.4 is 0 Å². The summed E-state index contributed by atoms with van der Waals surface area (Å²) in [5, 5.41) is 13.9. The van der Waals surface area contributed by atoms with E-state index in [4.69, 9.17) is 4.52 Å². The van der Waals surface area contributed by atoms with Crippen LogP contribution in [0.4, 0.5) is 10.2 Å². The number of methoxy groups -OCH3 is 1. The molecule has 0 amide bonds. The van der Waals surface area contributed by atoms with Crippen LogP contribution in [0.15, 0.2) is 28.8 Å². The van der Waals surface area contributed by atoms with Crippen LogP contribution in [-0.2, 0) is 4.74 Å². The molecule has 2 rings (SSSR count). The number of aromatic nitrogens is 1. The number of rotatable bonds is 3. The highest BCUT2D eigenvalue weighted by molar-refractivity contribution is 5.99. The van der Waals surface area contributed by atoms with E-state index in [0.29, 0.717) is 0 Å². The predicted octanol–water partition coefficient (Wildman–Crippen LogP) is 2.18. The Bertz CT molecular complexity index is 652. The lowest BCUT2D eigenvalue weighted by atomic mass is 10.1. The van der Waals surface area contributed by atoms with Crippen molar-refractivity contribution in [1.82, 2.24) is 5.16 Å². The van der Waals surface area contributed by atoms with E-state index in [0.717, 1.165) is 13.2 Å². The van der Waals surface area contributed by atoms with E-state index in [1.165, 1.54) is 18.2 Å². The third-order valence-corrected chi connectivity index (χ3v) is 2.36. The molecule has 0 bridgehead atoms. The molecule has 0 spiro atoms. The molecule has 98 valence electrons. The zero-order valence-electron chi connectivity index (χ0n) is 9.62. The first kappa shape index (κ1) is 12.7. The van der Waals surface area contributed by atoms with Crippen LogP contribution in [0.3, 0.4) is 0 Å². The molecule has 0 atom stereocenters. The summed E-state index contributed by atoms with van der Waals surface area (Å²) in [6, 6.07) is 5.37. The summed E-state index contributed by atoms with van der Waals surface area (Å²) >= 11 is 0. The number of benzene rings is 1. The number of carbonyl (C=O) groups is 1. The molecule has 0 N–H and O–H groups in total. The monoisotopic (exact) mass is 266 g/mol. The third kappa shape index (κ3) is 2.15. The van der Waals surface area contributed by atoms with Gasteiger partial charge in [-0.1, -0.05) is 12.1 Å². The van der Waals surface area contributed by atoms with Gasteiger partial charge in [0, 0.05) is 0 Å². The number of carbonyl (C=O) groups excluding carboxylic acids is 1. The quantitative estimate of drug-likeness (QED) is 0.480. The number of nitrogens with zero attached hydrogens (tertiary/aromatic N) is 2. The molecule has 0 saturated carbocycles. The van der Waals surface area contributed by atoms with Crippen LogP contribution in [0.1, 0.15) is 10.4 Å². The largest absolute Gasteiger partial charge is 0.465 e. The van der Waals surface area contributed by atoms with E-state index in [1.54, 1.807) is 0 Å².